The molecule has 2 aromatic rings. The van der Waals surface area contributed by atoms with Gasteiger partial charge in [-0.05, 0) is 19.4 Å². The van der Waals surface area contributed by atoms with Crippen LogP contribution in [-0.4, -0.2) is 49.2 Å². The van der Waals surface area contributed by atoms with Crippen LogP contribution in [0.4, 0.5) is 0 Å². The fourth-order valence-electron chi connectivity index (χ4n) is 1.69. The zero-order valence-corrected chi connectivity index (χ0v) is 12.0. The van der Waals surface area contributed by atoms with Crippen LogP contribution in [0.1, 0.15) is 12.8 Å². The molecule has 7 nitrogen and oxygen atoms in total. The standard InChI is InChI=1S/C12H19N5O2S/c18-11(9-19-12-8-15-20-16-12)7-13-3-1-2-5-17-6-4-14-10-17/h4,6,8,10-11,13,18H,1-3,5,7,9H2. The number of ether oxygens (including phenoxy) is 1. The lowest BCUT2D eigenvalue weighted by Crippen LogP contribution is -2.32. The predicted molar refractivity (Wildman–Crippen MR) is 75.7 cm³/mol. The van der Waals surface area contributed by atoms with E-state index in [4.69, 9.17) is 4.74 Å². The first-order valence-electron chi connectivity index (χ1n) is 6.59. The molecule has 8 heteroatoms. The Morgan fingerprint density at radius 1 is 1.45 bits per heavy atom. The summed E-state index contributed by atoms with van der Waals surface area (Å²) in [6.45, 7) is 2.60. The fraction of sp³-hybridized carbons (Fsp3) is 0.583. The molecule has 0 bridgehead atoms. The fourth-order valence-corrected chi connectivity index (χ4v) is 2.06. The van der Waals surface area contributed by atoms with E-state index in [-0.39, 0.29) is 6.61 Å². The van der Waals surface area contributed by atoms with Crippen molar-refractivity contribution in [3.63, 3.8) is 0 Å². The van der Waals surface area contributed by atoms with Gasteiger partial charge >= 0.3 is 0 Å². The highest BCUT2D eigenvalue weighted by molar-refractivity contribution is 6.99. The average Bonchev–Trinajstić information content (AvgIpc) is 3.13. The Balaban J connectivity index is 1.44. The van der Waals surface area contributed by atoms with Gasteiger partial charge in [0.05, 0.1) is 18.1 Å². The quantitative estimate of drug-likeness (QED) is 0.623. The monoisotopic (exact) mass is 297 g/mol. The molecule has 1 atom stereocenters. The van der Waals surface area contributed by atoms with E-state index < -0.39 is 6.10 Å². The van der Waals surface area contributed by atoms with Gasteiger partial charge < -0.3 is 19.7 Å². The topological polar surface area (TPSA) is 85.1 Å². The van der Waals surface area contributed by atoms with Crippen molar-refractivity contribution in [1.82, 2.24) is 23.6 Å². The van der Waals surface area contributed by atoms with E-state index in [1.54, 1.807) is 12.4 Å². The minimum atomic E-state index is -0.537. The molecular weight excluding hydrogens is 278 g/mol. The molecular formula is C12H19N5O2S. The summed E-state index contributed by atoms with van der Waals surface area (Å²) in [5, 5.41) is 12.9. The number of imidazole rings is 1. The molecule has 2 rings (SSSR count). The van der Waals surface area contributed by atoms with Gasteiger partial charge in [-0.3, -0.25) is 0 Å². The molecule has 0 amide bonds. The van der Waals surface area contributed by atoms with E-state index in [0.717, 1.165) is 37.7 Å². The van der Waals surface area contributed by atoms with E-state index in [2.05, 4.69) is 23.6 Å². The Kier molecular flexibility index (Phi) is 6.42. The van der Waals surface area contributed by atoms with Crippen molar-refractivity contribution < 1.29 is 9.84 Å². The second-order valence-corrected chi connectivity index (χ2v) is 4.98. The van der Waals surface area contributed by atoms with Crippen LogP contribution in [0.5, 0.6) is 5.88 Å². The molecule has 0 aliphatic heterocycles. The van der Waals surface area contributed by atoms with Gasteiger partial charge in [-0.15, -0.1) is 4.37 Å². The first kappa shape index (κ1) is 14.9. The summed E-state index contributed by atoms with van der Waals surface area (Å²) < 4.78 is 15.1. The van der Waals surface area contributed by atoms with E-state index in [1.807, 2.05) is 12.5 Å². The summed E-state index contributed by atoms with van der Waals surface area (Å²) in [6, 6.07) is 0. The minimum absolute atomic E-state index is 0.230. The van der Waals surface area contributed by atoms with Crippen LogP contribution in [0.15, 0.2) is 24.9 Å². The Hall–Kier alpha value is -1.51. The predicted octanol–water partition coefficient (Wildman–Crippen LogP) is 0.544. The van der Waals surface area contributed by atoms with Crippen molar-refractivity contribution in [2.75, 3.05) is 19.7 Å². The highest BCUT2D eigenvalue weighted by atomic mass is 32.1. The van der Waals surface area contributed by atoms with Gasteiger partial charge in [-0.2, -0.15) is 4.37 Å². The Morgan fingerprint density at radius 3 is 3.15 bits per heavy atom. The van der Waals surface area contributed by atoms with Crippen LogP contribution in [0.3, 0.4) is 0 Å². The lowest BCUT2D eigenvalue weighted by Gasteiger charge is -2.11. The summed E-state index contributed by atoms with van der Waals surface area (Å²) in [4.78, 5) is 3.99. The van der Waals surface area contributed by atoms with Crippen molar-refractivity contribution in [3.8, 4) is 5.88 Å². The SMILES string of the molecule is OC(CNCCCCn1ccnc1)COc1cnsn1. The maximum absolute atomic E-state index is 9.71. The number of unbranched alkanes of at least 4 members (excludes halogenated alkanes) is 1. The molecule has 2 N–H and O–H groups in total. The molecule has 0 fully saturated rings. The van der Waals surface area contributed by atoms with Crippen molar-refractivity contribution in [1.29, 1.82) is 0 Å². The van der Waals surface area contributed by atoms with Crippen LogP contribution in [-0.2, 0) is 6.54 Å². The number of aliphatic hydroxyl groups is 1. The summed E-state index contributed by atoms with van der Waals surface area (Å²) in [6.07, 6.45) is 8.71. The third-order valence-electron chi connectivity index (χ3n) is 2.72. The van der Waals surface area contributed by atoms with E-state index in [0.29, 0.717) is 12.4 Å². The molecule has 0 spiro atoms. The van der Waals surface area contributed by atoms with Gasteiger partial charge in [0.1, 0.15) is 18.9 Å². The van der Waals surface area contributed by atoms with Crippen molar-refractivity contribution in [3.05, 3.63) is 24.9 Å². The highest BCUT2D eigenvalue weighted by Crippen LogP contribution is 2.05. The number of aromatic nitrogens is 4. The van der Waals surface area contributed by atoms with Crippen LogP contribution < -0.4 is 10.1 Å². The molecule has 0 aromatic carbocycles. The van der Waals surface area contributed by atoms with Crippen molar-refractivity contribution in [2.24, 2.45) is 0 Å². The zero-order valence-electron chi connectivity index (χ0n) is 11.2. The molecule has 2 heterocycles. The van der Waals surface area contributed by atoms with Crippen LogP contribution in [0.2, 0.25) is 0 Å². The van der Waals surface area contributed by atoms with E-state index in [1.165, 1.54) is 0 Å². The summed E-state index contributed by atoms with van der Waals surface area (Å²) in [7, 11) is 0. The van der Waals surface area contributed by atoms with Gasteiger partial charge in [0, 0.05) is 25.5 Å². The second-order valence-electron chi connectivity index (χ2n) is 4.42. The zero-order chi connectivity index (χ0) is 14.0. The van der Waals surface area contributed by atoms with Crippen molar-refractivity contribution in [2.45, 2.75) is 25.5 Å². The van der Waals surface area contributed by atoms with Crippen LogP contribution in [0.25, 0.3) is 0 Å². The summed E-state index contributed by atoms with van der Waals surface area (Å²) in [5.41, 5.74) is 0. The molecule has 2 aromatic heterocycles. The number of nitrogens with one attached hydrogen (secondary N) is 1. The number of aliphatic hydroxyl groups excluding tert-OH is 1. The van der Waals surface area contributed by atoms with E-state index >= 15 is 0 Å². The molecule has 20 heavy (non-hydrogen) atoms. The normalized spacial score (nSPS) is 12.4. The van der Waals surface area contributed by atoms with Gasteiger partial charge in [0.2, 0.25) is 5.88 Å². The molecule has 0 radical (unpaired) electrons. The summed E-state index contributed by atoms with van der Waals surface area (Å²) >= 11 is 1.09. The second kappa shape index (κ2) is 8.62. The average molecular weight is 297 g/mol. The van der Waals surface area contributed by atoms with Gasteiger partial charge in [0.25, 0.3) is 0 Å². The lowest BCUT2D eigenvalue weighted by molar-refractivity contribution is 0.104. The summed E-state index contributed by atoms with van der Waals surface area (Å²) in [5.74, 6) is 0.467. The maximum Gasteiger partial charge on any atom is 0.245 e. The Bertz CT molecular complexity index is 448. The third-order valence-corrected chi connectivity index (χ3v) is 3.18. The molecule has 0 saturated carbocycles. The number of nitrogens with zero attached hydrogens (tertiary/aromatic N) is 4. The molecule has 0 aliphatic rings. The van der Waals surface area contributed by atoms with Gasteiger partial charge in [-0.1, -0.05) is 0 Å². The molecule has 1 unspecified atom stereocenters. The molecule has 0 saturated heterocycles. The highest BCUT2D eigenvalue weighted by Gasteiger charge is 2.05. The Labute approximate surface area is 122 Å². The van der Waals surface area contributed by atoms with Gasteiger partial charge in [0.15, 0.2) is 0 Å². The smallest absolute Gasteiger partial charge is 0.245 e. The van der Waals surface area contributed by atoms with Crippen LogP contribution >= 0.6 is 11.7 Å². The third kappa shape index (κ3) is 5.64. The first-order valence-corrected chi connectivity index (χ1v) is 7.32. The lowest BCUT2D eigenvalue weighted by atomic mass is 10.3. The number of hydrogen-bond acceptors (Lipinski definition) is 7. The first-order chi connectivity index (χ1) is 9.84. The number of aryl methyl sites for hydroxylation is 1. The van der Waals surface area contributed by atoms with E-state index in [9.17, 15) is 5.11 Å². The number of hydrogen-bond donors (Lipinski definition) is 2. The Morgan fingerprint density at radius 2 is 2.40 bits per heavy atom. The van der Waals surface area contributed by atoms with Crippen LogP contribution in [0, 0.1) is 0 Å². The maximum atomic E-state index is 9.71. The van der Waals surface area contributed by atoms with Crippen molar-refractivity contribution >= 4 is 11.7 Å². The molecule has 0 aliphatic carbocycles. The number of rotatable bonds is 10. The van der Waals surface area contributed by atoms with Gasteiger partial charge in [-0.25, -0.2) is 4.98 Å². The molecule has 110 valence electrons. The minimum Gasteiger partial charge on any atom is -0.473 e. The largest absolute Gasteiger partial charge is 0.473 e.